The van der Waals surface area contributed by atoms with E-state index in [1.165, 1.54) is 0 Å². The van der Waals surface area contributed by atoms with Crippen molar-refractivity contribution in [1.29, 1.82) is 0 Å². The molecule has 1 unspecified atom stereocenters. The highest BCUT2D eigenvalue weighted by molar-refractivity contribution is 4.98. The molecule has 1 atom stereocenters. The van der Waals surface area contributed by atoms with Crippen molar-refractivity contribution in [3.63, 3.8) is 0 Å². The van der Waals surface area contributed by atoms with Gasteiger partial charge in [-0.3, -0.25) is 4.90 Å². The highest BCUT2D eigenvalue weighted by Crippen LogP contribution is 2.24. The van der Waals surface area contributed by atoms with Crippen molar-refractivity contribution in [2.24, 2.45) is 0 Å². The molecule has 0 amide bonds. The first-order valence-electron chi connectivity index (χ1n) is 4.83. The van der Waals surface area contributed by atoms with E-state index < -0.39 is 0 Å². The van der Waals surface area contributed by atoms with E-state index in [9.17, 15) is 0 Å². The molecule has 0 saturated carbocycles. The maximum atomic E-state index is 4.14. The Hall–Kier alpha value is -0.900. The van der Waals surface area contributed by atoms with Gasteiger partial charge in [0.15, 0.2) is 0 Å². The first kappa shape index (κ1) is 8.69. The van der Waals surface area contributed by atoms with Gasteiger partial charge >= 0.3 is 0 Å². The molecule has 1 aliphatic rings. The predicted octanol–water partition coefficient (Wildman–Crippen LogP) is 1.06. The highest BCUT2D eigenvalue weighted by Gasteiger charge is 2.26. The van der Waals surface area contributed by atoms with Crippen molar-refractivity contribution in [3.8, 4) is 0 Å². The molecule has 0 aliphatic carbocycles. The minimum Gasteiger partial charge on any atom is -0.315 e. The first-order chi connectivity index (χ1) is 6.20. The molecule has 0 fully saturated rings. The average molecular weight is 180 g/mol. The fourth-order valence-electron chi connectivity index (χ4n) is 2.03. The zero-order valence-corrected chi connectivity index (χ0v) is 8.44. The van der Waals surface area contributed by atoms with Gasteiger partial charge in [-0.15, -0.1) is 10.2 Å². The Kier molecular flexibility index (Phi) is 2.07. The van der Waals surface area contributed by atoms with Gasteiger partial charge < -0.3 is 4.57 Å². The maximum absolute atomic E-state index is 4.14. The van der Waals surface area contributed by atoms with Crippen LogP contribution in [0.3, 0.4) is 0 Å². The van der Waals surface area contributed by atoms with Gasteiger partial charge in [0.05, 0.1) is 6.04 Å². The molecule has 1 aliphatic heterocycles. The average Bonchev–Trinajstić information content (AvgIpc) is 2.52. The van der Waals surface area contributed by atoms with Crippen LogP contribution in [0.1, 0.15) is 32.6 Å². The van der Waals surface area contributed by atoms with Crippen LogP contribution in [0.4, 0.5) is 0 Å². The van der Waals surface area contributed by atoms with Crippen LogP contribution in [0.2, 0.25) is 0 Å². The third-order valence-corrected chi connectivity index (χ3v) is 2.78. The largest absolute Gasteiger partial charge is 0.315 e. The van der Waals surface area contributed by atoms with E-state index >= 15 is 0 Å². The quantitative estimate of drug-likeness (QED) is 0.648. The Bertz CT molecular complexity index is 292. The molecule has 0 N–H and O–H groups in total. The first-order valence-corrected chi connectivity index (χ1v) is 4.83. The Morgan fingerprint density at radius 1 is 1.46 bits per heavy atom. The number of fused-ring (bicyclic) bond motifs is 1. The van der Waals surface area contributed by atoms with Crippen molar-refractivity contribution in [1.82, 2.24) is 19.7 Å². The molecule has 2 rings (SSSR count). The normalized spacial score (nSPS) is 23.5. The van der Waals surface area contributed by atoms with Crippen LogP contribution >= 0.6 is 0 Å². The van der Waals surface area contributed by atoms with Crippen LogP contribution in [0.25, 0.3) is 0 Å². The predicted molar refractivity (Wildman–Crippen MR) is 50.3 cm³/mol. The van der Waals surface area contributed by atoms with Gasteiger partial charge in [-0.1, -0.05) is 0 Å². The van der Waals surface area contributed by atoms with Gasteiger partial charge in [-0.2, -0.15) is 0 Å². The highest BCUT2D eigenvalue weighted by atomic mass is 15.3. The molecule has 72 valence electrons. The molecular formula is C9H16N4. The summed E-state index contributed by atoms with van der Waals surface area (Å²) in [5.74, 6) is 1.10. The molecule has 13 heavy (non-hydrogen) atoms. The van der Waals surface area contributed by atoms with Crippen LogP contribution in [0, 0.1) is 0 Å². The van der Waals surface area contributed by atoms with E-state index in [4.69, 9.17) is 0 Å². The van der Waals surface area contributed by atoms with Crippen molar-refractivity contribution in [2.75, 3.05) is 6.54 Å². The zero-order chi connectivity index (χ0) is 9.42. The van der Waals surface area contributed by atoms with Crippen molar-refractivity contribution < 1.29 is 0 Å². The van der Waals surface area contributed by atoms with Crippen LogP contribution in [-0.4, -0.2) is 32.3 Å². The lowest BCUT2D eigenvalue weighted by Crippen LogP contribution is -2.41. The fraction of sp³-hybridized carbons (Fsp3) is 0.778. The summed E-state index contributed by atoms with van der Waals surface area (Å²) in [4.78, 5) is 2.45. The lowest BCUT2D eigenvalue weighted by atomic mass is 10.1. The topological polar surface area (TPSA) is 34.0 Å². The minimum absolute atomic E-state index is 0.399. The van der Waals surface area contributed by atoms with Gasteiger partial charge in [-0.25, -0.2) is 0 Å². The van der Waals surface area contributed by atoms with Crippen molar-refractivity contribution >= 4 is 0 Å². The van der Waals surface area contributed by atoms with Gasteiger partial charge in [0.25, 0.3) is 0 Å². The summed E-state index contributed by atoms with van der Waals surface area (Å²) in [6.45, 7) is 8.76. The van der Waals surface area contributed by atoms with E-state index in [2.05, 4.69) is 40.4 Å². The number of rotatable bonds is 1. The Balaban J connectivity index is 2.27. The second-order valence-corrected chi connectivity index (χ2v) is 3.89. The van der Waals surface area contributed by atoms with E-state index in [0.717, 1.165) is 18.9 Å². The lowest BCUT2D eigenvalue weighted by molar-refractivity contribution is 0.126. The van der Waals surface area contributed by atoms with Crippen molar-refractivity contribution in [2.45, 2.75) is 39.4 Å². The summed E-state index contributed by atoms with van der Waals surface area (Å²) in [5, 5.41) is 8.08. The molecule has 1 aromatic rings. The molecule has 4 heteroatoms. The zero-order valence-electron chi connectivity index (χ0n) is 8.44. The summed E-state index contributed by atoms with van der Waals surface area (Å²) in [6.07, 6.45) is 1.82. The molecule has 0 aromatic carbocycles. The second-order valence-electron chi connectivity index (χ2n) is 3.89. The maximum Gasteiger partial charge on any atom is 0.149 e. The smallest absolute Gasteiger partial charge is 0.149 e. The molecular weight excluding hydrogens is 164 g/mol. The third kappa shape index (κ3) is 1.35. The Morgan fingerprint density at radius 3 is 2.92 bits per heavy atom. The van der Waals surface area contributed by atoms with Crippen LogP contribution in [0.5, 0.6) is 0 Å². The van der Waals surface area contributed by atoms with Gasteiger partial charge in [0, 0.05) is 19.1 Å². The van der Waals surface area contributed by atoms with Crippen LogP contribution < -0.4 is 0 Å². The number of hydrogen-bond acceptors (Lipinski definition) is 3. The van der Waals surface area contributed by atoms with Crippen LogP contribution in [-0.2, 0) is 6.54 Å². The Morgan fingerprint density at radius 2 is 2.23 bits per heavy atom. The molecule has 0 bridgehead atoms. The summed E-state index contributed by atoms with van der Waals surface area (Å²) in [7, 11) is 0. The lowest BCUT2D eigenvalue weighted by Gasteiger charge is -2.35. The van der Waals surface area contributed by atoms with Crippen LogP contribution in [0.15, 0.2) is 6.33 Å². The molecule has 0 radical (unpaired) electrons. The van der Waals surface area contributed by atoms with Gasteiger partial charge in [-0.05, 0) is 20.8 Å². The van der Waals surface area contributed by atoms with E-state index in [1.54, 1.807) is 0 Å². The number of nitrogens with zero attached hydrogens (tertiary/aromatic N) is 4. The monoisotopic (exact) mass is 180 g/mol. The minimum atomic E-state index is 0.399. The van der Waals surface area contributed by atoms with E-state index in [-0.39, 0.29) is 0 Å². The third-order valence-electron chi connectivity index (χ3n) is 2.78. The van der Waals surface area contributed by atoms with Gasteiger partial charge in [0.2, 0.25) is 0 Å². The molecule has 0 saturated heterocycles. The van der Waals surface area contributed by atoms with Gasteiger partial charge in [0.1, 0.15) is 12.2 Å². The molecule has 0 spiro atoms. The SMILES string of the molecule is CC(C)N1CCn2cnnc2C1C. The second kappa shape index (κ2) is 3.10. The van der Waals surface area contributed by atoms with Crippen molar-refractivity contribution in [3.05, 3.63) is 12.2 Å². The fourth-order valence-corrected chi connectivity index (χ4v) is 2.03. The standard InChI is InChI=1S/C9H16N4/c1-7(2)13-5-4-12-6-10-11-9(12)8(13)3/h6-8H,4-5H2,1-3H3. The summed E-state index contributed by atoms with van der Waals surface area (Å²) in [6, 6.07) is 0.983. The van der Waals surface area contributed by atoms with E-state index in [0.29, 0.717) is 12.1 Å². The van der Waals surface area contributed by atoms with E-state index in [1.807, 2.05) is 6.33 Å². The summed E-state index contributed by atoms with van der Waals surface area (Å²) < 4.78 is 2.14. The number of aromatic nitrogens is 3. The summed E-state index contributed by atoms with van der Waals surface area (Å²) in [5.41, 5.74) is 0. The molecule has 2 heterocycles. The molecule has 1 aromatic heterocycles. The number of hydrogen-bond donors (Lipinski definition) is 0. The molecule has 4 nitrogen and oxygen atoms in total. The Labute approximate surface area is 78.6 Å². The summed E-state index contributed by atoms with van der Waals surface area (Å²) >= 11 is 0.